The van der Waals surface area contributed by atoms with E-state index in [1.807, 2.05) is 48.1 Å². The Morgan fingerprint density at radius 1 is 1.19 bits per heavy atom. The SMILES string of the molecule is Cc1ccc2cc1Oc1cccc(c1)CO[C@@H]1CCN(Cc3cscn3)C[C@@H]1NC(=O)CN(C)C2=O. The lowest BCUT2D eigenvalue weighted by Gasteiger charge is -2.38. The molecular formula is C27H30N4O4S. The van der Waals surface area contributed by atoms with Crippen LogP contribution in [-0.4, -0.2) is 65.4 Å². The first-order valence-electron chi connectivity index (χ1n) is 12.1. The molecule has 9 heteroatoms. The van der Waals surface area contributed by atoms with Gasteiger partial charge in [0.25, 0.3) is 5.91 Å². The van der Waals surface area contributed by atoms with E-state index in [1.54, 1.807) is 30.5 Å². The third-order valence-corrected chi connectivity index (χ3v) is 7.24. The van der Waals surface area contributed by atoms with Gasteiger partial charge in [-0.15, -0.1) is 11.3 Å². The third-order valence-electron chi connectivity index (χ3n) is 6.60. The Hall–Kier alpha value is -3.27. The minimum Gasteiger partial charge on any atom is -0.457 e. The summed E-state index contributed by atoms with van der Waals surface area (Å²) in [5.74, 6) is 0.846. The van der Waals surface area contributed by atoms with Crippen molar-refractivity contribution < 1.29 is 19.1 Å². The Morgan fingerprint density at radius 2 is 2.08 bits per heavy atom. The van der Waals surface area contributed by atoms with Crippen molar-refractivity contribution in [2.24, 2.45) is 0 Å². The minimum atomic E-state index is -0.238. The molecule has 1 saturated heterocycles. The number of carbonyl (C=O) groups excluding carboxylic acids is 2. The van der Waals surface area contributed by atoms with Crippen LogP contribution >= 0.6 is 11.3 Å². The van der Waals surface area contributed by atoms with E-state index in [9.17, 15) is 9.59 Å². The highest BCUT2D eigenvalue weighted by Crippen LogP contribution is 2.28. The van der Waals surface area contributed by atoms with Crippen molar-refractivity contribution in [1.82, 2.24) is 20.1 Å². The van der Waals surface area contributed by atoms with Gasteiger partial charge in [-0.2, -0.15) is 0 Å². The molecule has 2 amide bonds. The number of piperidine rings is 1. The first kappa shape index (κ1) is 24.4. The number of rotatable bonds is 2. The molecule has 1 fully saturated rings. The smallest absolute Gasteiger partial charge is 0.254 e. The van der Waals surface area contributed by atoms with Crippen molar-refractivity contribution in [3.05, 3.63) is 75.7 Å². The second-order valence-corrected chi connectivity index (χ2v) is 10.1. The molecular weight excluding hydrogens is 476 g/mol. The monoisotopic (exact) mass is 506 g/mol. The Balaban J connectivity index is 1.40. The molecule has 8 nitrogen and oxygen atoms in total. The number of amides is 2. The Kier molecular flexibility index (Phi) is 7.31. The second-order valence-electron chi connectivity index (χ2n) is 9.42. The minimum absolute atomic E-state index is 0.0444. The van der Waals surface area contributed by atoms with Gasteiger partial charge in [0.2, 0.25) is 5.91 Å². The molecule has 0 radical (unpaired) electrons. The number of fused-ring (bicyclic) bond motifs is 5. The zero-order valence-electron chi connectivity index (χ0n) is 20.5. The van der Waals surface area contributed by atoms with Crippen LogP contribution in [0.4, 0.5) is 0 Å². The van der Waals surface area contributed by atoms with E-state index in [0.29, 0.717) is 30.2 Å². The summed E-state index contributed by atoms with van der Waals surface area (Å²) in [6, 6.07) is 12.9. The maximum absolute atomic E-state index is 13.1. The summed E-state index contributed by atoms with van der Waals surface area (Å²) in [6.45, 7) is 4.54. The van der Waals surface area contributed by atoms with Crippen molar-refractivity contribution in [2.75, 3.05) is 26.7 Å². The van der Waals surface area contributed by atoms with Gasteiger partial charge in [-0.1, -0.05) is 18.2 Å². The van der Waals surface area contributed by atoms with Gasteiger partial charge < -0.3 is 19.7 Å². The molecule has 0 spiro atoms. The van der Waals surface area contributed by atoms with Gasteiger partial charge in [-0.05, 0) is 48.7 Å². The van der Waals surface area contributed by atoms with E-state index in [-0.39, 0.29) is 30.5 Å². The molecule has 0 saturated carbocycles. The molecule has 2 aliphatic heterocycles. The molecule has 188 valence electrons. The number of nitrogens with zero attached hydrogens (tertiary/aromatic N) is 3. The lowest BCUT2D eigenvalue weighted by Crippen LogP contribution is -2.57. The Morgan fingerprint density at radius 3 is 2.92 bits per heavy atom. The van der Waals surface area contributed by atoms with Crippen molar-refractivity contribution in [3.63, 3.8) is 0 Å². The van der Waals surface area contributed by atoms with Crippen molar-refractivity contribution in [2.45, 2.75) is 38.6 Å². The predicted molar refractivity (Wildman–Crippen MR) is 137 cm³/mol. The van der Waals surface area contributed by atoms with Crippen molar-refractivity contribution >= 4 is 23.2 Å². The van der Waals surface area contributed by atoms with E-state index in [4.69, 9.17) is 9.47 Å². The maximum atomic E-state index is 13.1. The molecule has 2 aliphatic rings. The van der Waals surface area contributed by atoms with Gasteiger partial charge in [-0.3, -0.25) is 14.5 Å². The molecule has 3 heterocycles. The second kappa shape index (κ2) is 10.8. The van der Waals surface area contributed by atoms with E-state index in [2.05, 4.69) is 15.2 Å². The van der Waals surface area contributed by atoms with Gasteiger partial charge in [0.05, 0.1) is 36.5 Å². The number of likely N-dealkylation sites (tertiary alicyclic amines) is 1. The molecule has 3 aromatic rings. The number of carbonyl (C=O) groups is 2. The summed E-state index contributed by atoms with van der Waals surface area (Å²) in [4.78, 5) is 34.2. The topological polar surface area (TPSA) is 84.0 Å². The molecule has 2 atom stereocenters. The number of likely N-dealkylation sites (N-methyl/N-ethyl adjacent to an activating group) is 1. The Labute approximate surface area is 214 Å². The van der Waals surface area contributed by atoms with Crippen LogP contribution < -0.4 is 10.1 Å². The number of aryl methyl sites for hydroxylation is 1. The average molecular weight is 507 g/mol. The summed E-state index contributed by atoms with van der Waals surface area (Å²) >= 11 is 1.58. The van der Waals surface area contributed by atoms with Crippen LogP contribution in [-0.2, 0) is 22.7 Å². The molecule has 1 aromatic heterocycles. The van der Waals surface area contributed by atoms with Crippen LogP contribution in [0.3, 0.4) is 0 Å². The number of ether oxygens (including phenoxy) is 2. The molecule has 2 aromatic carbocycles. The van der Waals surface area contributed by atoms with Gasteiger partial charge in [0, 0.05) is 37.6 Å². The largest absolute Gasteiger partial charge is 0.457 e. The Bertz CT molecular complexity index is 1230. The van der Waals surface area contributed by atoms with E-state index in [1.165, 1.54) is 4.90 Å². The van der Waals surface area contributed by atoms with Gasteiger partial charge in [0.15, 0.2) is 0 Å². The maximum Gasteiger partial charge on any atom is 0.254 e. The summed E-state index contributed by atoms with van der Waals surface area (Å²) in [5, 5.41) is 5.19. The van der Waals surface area contributed by atoms with Crippen molar-refractivity contribution in [3.8, 4) is 11.5 Å². The standard InChI is InChI=1S/C27H30N4O4S/c1-18-6-7-20-11-25(18)35-22-5-3-4-19(10-22)15-34-24-8-9-31(12-21-16-36-17-28-21)13-23(24)29-26(32)14-30(2)27(20)33/h3-7,10-11,16-17,23-24H,8-9,12-15H2,1-2H3,(H,29,32)/t23-,24+/m0/s1. The number of hydrogen-bond donors (Lipinski definition) is 1. The average Bonchev–Trinajstić information content (AvgIpc) is 3.37. The molecule has 0 unspecified atom stereocenters. The van der Waals surface area contributed by atoms with Gasteiger partial charge >= 0.3 is 0 Å². The number of nitrogens with one attached hydrogen (secondary N) is 1. The lowest BCUT2D eigenvalue weighted by atomic mass is 10.0. The van der Waals surface area contributed by atoms with Crippen LogP contribution in [0.15, 0.2) is 53.4 Å². The normalized spacial score (nSPS) is 21.4. The molecule has 4 bridgehead atoms. The summed E-state index contributed by atoms with van der Waals surface area (Å²) < 4.78 is 12.5. The van der Waals surface area contributed by atoms with Crippen LogP contribution in [0.5, 0.6) is 11.5 Å². The highest BCUT2D eigenvalue weighted by molar-refractivity contribution is 7.07. The van der Waals surface area contributed by atoms with E-state index < -0.39 is 0 Å². The lowest BCUT2D eigenvalue weighted by molar-refractivity contribution is -0.125. The van der Waals surface area contributed by atoms with Crippen molar-refractivity contribution in [1.29, 1.82) is 0 Å². The quantitative estimate of drug-likeness (QED) is 0.572. The first-order valence-corrected chi connectivity index (χ1v) is 13.0. The fraction of sp³-hybridized carbons (Fsp3) is 0.370. The summed E-state index contributed by atoms with van der Waals surface area (Å²) in [6.07, 6.45) is 0.637. The fourth-order valence-corrected chi connectivity index (χ4v) is 5.21. The van der Waals surface area contributed by atoms with E-state index in [0.717, 1.165) is 36.3 Å². The predicted octanol–water partition coefficient (Wildman–Crippen LogP) is 3.61. The first-order chi connectivity index (χ1) is 17.4. The highest BCUT2D eigenvalue weighted by atomic mass is 32.1. The number of aromatic nitrogens is 1. The molecule has 36 heavy (non-hydrogen) atoms. The zero-order chi connectivity index (χ0) is 25.1. The van der Waals surface area contributed by atoms with Crippen LogP contribution in [0.1, 0.15) is 33.6 Å². The van der Waals surface area contributed by atoms with E-state index >= 15 is 0 Å². The van der Waals surface area contributed by atoms with Crippen LogP contribution in [0, 0.1) is 6.92 Å². The molecule has 5 rings (SSSR count). The number of benzene rings is 2. The van der Waals surface area contributed by atoms with Crippen LogP contribution in [0.2, 0.25) is 0 Å². The van der Waals surface area contributed by atoms with Gasteiger partial charge in [0.1, 0.15) is 11.5 Å². The zero-order valence-corrected chi connectivity index (χ0v) is 21.3. The number of hydrogen-bond acceptors (Lipinski definition) is 7. The molecule has 0 aliphatic carbocycles. The molecule has 1 N–H and O–H groups in total. The van der Waals surface area contributed by atoms with Crippen LogP contribution in [0.25, 0.3) is 0 Å². The summed E-state index contributed by atoms with van der Waals surface area (Å²) in [7, 11) is 1.64. The summed E-state index contributed by atoms with van der Waals surface area (Å²) in [5.41, 5.74) is 5.24. The van der Waals surface area contributed by atoms with Gasteiger partial charge in [-0.25, -0.2) is 4.98 Å². The fourth-order valence-electron chi connectivity index (χ4n) is 4.66. The number of thiazole rings is 1. The highest BCUT2D eigenvalue weighted by Gasteiger charge is 2.32. The third kappa shape index (κ3) is 5.75.